The van der Waals surface area contributed by atoms with Gasteiger partial charge in [0.2, 0.25) is 5.91 Å². The molecule has 1 unspecified atom stereocenters. The number of nitrogens with zero attached hydrogens (tertiary/aromatic N) is 1. The number of benzene rings is 2. The molecule has 1 saturated heterocycles. The number of carbonyl (C=O) groups is 3. The first-order valence-electron chi connectivity index (χ1n) is 11.5. The molecule has 2 N–H and O–H groups in total. The number of methoxy groups -OCH3 is 1. The minimum Gasteiger partial charge on any atom is -0.497 e. The molecule has 2 aromatic rings. The summed E-state index contributed by atoms with van der Waals surface area (Å²) in [5, 5.41) is 5.88. The van der Waals surface area contributed by atoms with Crippen molar-refractivity contribution in [1.82, 2.24) is 15.5 Å². The van der Waals surface area contributed by atoms with Gasteiger partial charge in [-0.15, -0.1) is 0 Å². The van der Waals surface area contributed by atoms with Crippen LogP contribution in [-0.4, -0.2) is 55.4 Å². The summed E-state index contributed by atoms with van der Waals surface area (Å²) in [4.78, 5) is 40.5. The zero-order chi connectivity index (χ0) is 23.8. The van der Waals surface area contributed by atoms with Crippen LogP contribution in [-0.2, 0) is 4.79 Å². The molecule has 1 aliphatic heterocycles. The Balaban J connectivity index is 1.68. The monoisotopic (exact) mass is 451 g/mol. The van der Waals surface area contributed by atoms with E-state index in [-0.39, 0.29) is 23.6 Å². The molecule has 2 aromatic carbocycles. The van der Waals surface area contributed by atoms with E-state index in [0.717, 1.165) is 12.0 Å². The highest BCUT2D eigenvalue weighted by atomic mass is 16.5. The van der Waals surface area contributed by atoms with Gasteiger partial charge in [0.1, 0.15) is 11.8 Å². The Bertz CT molecular complexity index is 983. The average molecular weight is 452 g/mol. The predicted octanol–water partition coefficient (Wildman–Crippen LogP) is 3.18. The maximum absolute atomic E-state index is 12.9. The largest absolute Gasteiger partial charge is 0.497 e. The second-order valence-electron chi connectivity index (χ2n) is 8.47. The quantitative estimate of drug-likeness (QED) is 0.645. The maximum atomic E-state index is 12.9. The van der Waals surface area contributed by atoms with E-state index < -0.39 is 6.04 Å². The van der Waals surface area contributed by atoms with E-state index in [1.54, 1.807) is 42.3 Å². The molecule has 7 heteroatoms. The Morgan fingerprint density at radius 3 is 2.42 bits per heavy atom. The van der Waals surface area contributed by atoms with E-state index in [4.69, 9.17) is 4.74 Å². The van der Waals surface area contributed by atoms with Crippen molar-refractivity contribution in [2.24, 2.45) is 5.92 Å². The third-order valence-corrected chi connectivity index (χ3v) is 6.01. The molecule has 1 aliphatic rings. The number of hydrogen-bond donors (Lipinski definition) is 2. The molecule has 0 aliphatic carbocycles. The van der Waals surface area contributed by atoms with E-state index >= 15 is 0 Å². The highest BCUT2D eigenvalue weighted by molar-refractivity contribution is 5.98. The van der Waals surface area contributed by atoms with Crippen molar-refractivity contribution in [3.05, 3.63) is 65.2 Å². The van der Waals surface area contributed by atoms with Crippen molar-refractivity contribution in [3.63, 3.8) is 0 Å². The summed E-state index contributed by atoms with van der Waals surface area (Å²) >= 11 is 0. The molecule has 0 aromatic heterocycles. The lowest BCUT2D eigenvalue weighted by molar-refractivity contribution is -0.124. The number of rotatable bonds is 8. The van der Waals surface area contributed by atoms with E-state index in [1.807, 2.05) is 32.0 Å². The number of nitrogens with one attached hydrogen (secondary N) is 2. The summed E-state index contributed by atoms with van der Waals surface area (Å²) in [5.74, 6) is 0.107. The topological polar surface area (TPSA) is 87.7 Å². The summed E-state index contributed by atoms with van der Waals surface area (Å²) in [6.07, 6.45) is 2.08. The Morgan fingerprint density at radius 1 is 1.06 bits per heavy atom. The van der Waals surface area contributed by atoms with Crippen LogP contribution in [0, 0.1) is 12.8 Å². The van der Waals surface area contributed by atoms with E-state index in [2.05, 4.69) is 10.6 Å². The van der Waals surface area contributed by atoms with Gasteiger partial charge in [0.05, 0.1) is 7.11 Å². The number of aryl methyl sites for hydroxylation is 1. The Kier molecular flexibility index (Phi) is 8.46. The zero-order valence-corrected chi connectivity index (χ0v) is 19.6. The standard InChI is InChI=1S/C26H33N3O4/c1-4-13-27-25(31)23(28-24(30)20-8-5-7-18(2)16-20)19-11-14-29(15-12-19)26(32)21-9-6-10-22(17-21)33-3/h5-10,16-17,19,23H,4,11-15H2,1-3H3,(H,27,31)(H,28,30). The van der Waals surface area contributed by atoms with Crippen LogP contribution in [0.25, 0.3) is 0 Å². The van der Waals surface area contributed by atoms with Crippen LogP contribution in [0.1, 0.15) is 52.5 Å². The highest BCUT2D eigenvalue weighted by Crippen LogP contribution is 2.24. The molecule has 7 nitrogen and oxygen atoms in total. The van der Waals surface area contributed by atoms with Gasteiger partial charge in [-0.2, -0.15) is 0 Å². The van der Waals surface area contributed by atoms with Crippen LogP contribution in [0.5, 0.6) is 5.75 Å². The molecule has 3 amide bonds. The smallest absolute Gasteiger partial charge is 0.253 e. The Morgan fingerprint density at radius 2 is 1.76 bits per heavy atom. The Labute approximate surface area is 195 Å². The number of piperidine rings is 1. The third kappa shape index (κ3) is 6.34. The highest BCUT2D eigenvalue weighted by Gasteiger charge is 2.34. The molecule has 1 heterocycles. The molecule has 0 spiro atoms. The second kappa shape index (κ2) is 11.5. The van der Waals surface area contributed by atoms with Gasteiger partial charge < -0.3 is 20.3 Å². The fourth-order valence-corrected chi connectivity index (χ4v) is 4.14. The summed E-state index contributed by atoms with van der Waals surface area (Å²) in [6.45, 7) is 5.53. The second-order valence-corrected chi connectivity index (χ2v) is 8.47. The van der Waals surface area contributed by atoms with Crippen molar-refractivity contribution >= 4 is 17.7 Å². The first kappa shape index (κ1) is 24.3. The minimum atomic E-state index is -0.640. The normalized spacial score (nSPS) is 14.9. The van der Waals surface area contributed by atoms with Gasteiger partial charge in [-0.3, -0.25) is 14.4 Å². The number of likely N-dealkylation sites (tertiary alicyclic amines) is 1. The first-order valence-corrected chi connectivity index (χ1v) is 11.5. The lowest BCUT2D eigenvalue weighted by atomic mass is 9.88. The van der Waals surface area contributed by atoms with Crippen molar-refractivity contribution in [1.29, 1.82) is 0 Å². The fourth-order valence-electron chi connectivity index (χ4n) is 4.14. The first-order chi connectivity index (χ1) is 15.9. The molecular formula is C26H33N3O4. The molecule has 176 valence electrons. The van der Waals surface area contributed by atoms with Gasteiger partial charge in [0, 0.05) is 30.8 Å². The van der Waals surface area contributed by atoms with Crippen LogP contribution >= 0.6 is 0 Å². The third-order valence-electron chi connectivity index (χ3n) is 6.01. The van der Waals surface area contributed by atoms with E-state index in [9.17, 15) is 14.4 Å². The SMILES string of the molecule is CCCNC(=O)C(NC(=O)c1cccc(C)c1)C1CCN(C(=O)c2cccc(OC)c2)CC1. The van der Waals surface area contributed by atoms with Gasteiger partial charge in [-0.05, 0) is 62.4 Å². The number of hydrogen-bond acceptors (Lipinski definition) is 4. The van der Waals surface area contributed by atoms with E-state index in [0.29, 0.717) is 49.4 Å². The van der Waals surface area contributed by atoms with Crippen LogP contribution in [0.4, 0.5) is 0 Å². The maximum Gasteiger partial charge on any atom is 0.253 e. The Hall–Kier alpha value is -3.35. The molecule has 1 atom stereocenters. The summed E-state index contributed by atoms with van der Waals surface area (Å²) in [7, 11) is 1.57. The molecule has 0 bridgehead atoms. The lowest BCUT2D eigenvalue weighted by Crippen LogP contribution is -2.54. The van der Waals surface area contributed by atoms with Crippen LogP contribution in [0.3, 0.4) is 0 Å². The lowest BCUT2D eigenvalue weighted by Gasteiger charge is -2.36. The number of amides is 3. The van der Waals surface area contributed by atoms with Crippen LogP contribution in [0.15, 0.2) is 48.5 Å². The van der Waals surface area contributed by atoms with Crippen molar-refractivity contribution < 1.29 is 19.1 Å². The average Bonchev–Trinajstić information content (AvgIpc) is 2.85. The summed E-state index contributed by atoms with van der Waals surface area (Å²) < 4.78 is 5.22. The predicted molar refractivity (Wildman–Crippen MR) is 127 cm³/mol. The van der Waals surface area contributed by atoms with Crippen LogP contribution < -0.4 is 15.4 Å². The van der Waals surface area contributed by atoms with Crippen LogP contribution in [0.2, 0.25) is 0 Å². The van der Waals surface area contributed by atoms with Gasteiger partial charge in [-0.1, -0.05) is 30.7 Å². The molecule has 0 radical (unpaired) electrons. The fraction of sp³-hybridized carbons (Fsp3) is 0.423. The van der Waals surface area contributed by atoms with E-state index in [1.165, 1.54) is 0 Å². The molecule has 0 saturated carbocycles. The number of carbonyl (C=O) groups excluding carboxylic acids is 3. The van der Waals surface area contributed by atoms with Gasteiger partial charge >= 0.3 is 0 Å². The molecule has 3 rings (SSSR count). The molecule has 1 fully saturated rings. The van der Waals surface area contributed by atoms with Gasteiger partial charge in [-0.25, -0.2) is 0 Å². The summed E-state index contributed by atoms with van der Waals surface area (Å²) in [6, 6.07) is 13.8. The van der Waals surface area contributed by atoms with Crippen molar-refractivity contribution in [2.45, 2.75) is 39.2 Å². The van der Waals surface area contributed by atoms with Gasteiger partial charge in [0.15, 0.2) is 0 Å². The minimum absolute atomic E-state index is 0.0509. The molecule has 33 heavy (non-hydrogen) atoms. The zero-order valence-electron chi connectivity index (χ0n) is 19.6. The van der Waals surface area contributed by atoms with Crippen molar-refractivity contribution in [3.8, 4) is 5.75 Å². The summed E-state index contributed by atoms with van der Waals surface area (Å²) in [5.41, 5.74) is 2.10. The molecular weight excluding hydrogens is 418 g/mol. The number of ether oxygens (including phenoxy) is 1. The van der Waals surface area contributed by atoms with Crippen molar-refractivity contribution in [2.75, 3.05) is 26.7 Å². The van der Waals surface area contributed by atoms with Gasteiger partial charge in [0.25, 0.3) is 11.8 Å².